The van der Waals surface area contributed by atoms with E-state index < -0.39 is 0 Å². The summed E-state index contributed by atoms with van der Waals surface area (Å²) in [5.41, 5.74) is 2.50. The second-order valence-electron chi connectivity index (χ2n) is 9.78. The summed E-state index contributed by atoms with van der Waals surface area (Å²) in [6.45, 7) is 5.88. The summed E-state index contributed by atoms with van der Waals surface area (Å²) in [6.07, 6.45) is 9.40. The Morgan fingerprint density at radius 3 is 2.43 bits per heavy atom. The molecule has 5 rings (SSSR count). The van der Waals surface area contributed by atoms with Crippen molar-refractivity contribution < 1.29 is 4.74 Å². The average molecular weight is 472 g/mol. The summed E-state index contributed by atoms with van der Waals surface area (Å²) in [4.78, 5) is 14.3. The lowest BCUT2D eigenvalue weighted by atomic mass is 10.0. The van der Waals surface area contributed by atoms with Gasteiger partial charge in [0, 0.05) is 38.4 Å². The Balaban J connectivity index is 1.12. The van der Waals surface area contributed by atoms with Crippen LogP contribution in [0.2, 0.25) is 0 Å². The first kappa shape index (κ1) is 23.6. The van der Waals surface area contributed by atoms with Crippen molar-refractivity contribution in [1.82, 2.24) is 14.9 Å². The van der Waals surface area contributed by atoms with E-state index in [1.807, 2.05) is 24.4 Å². The molecule has 0 spiro atoms. The maximum absolute atomic E-state index is 5.94. The van der Waals surface area contributed by atoms with Crippen molar-refractivity contribution >= 4 is 11.8 Å². The van der Waals surface area contributed by atoms with Crippen molar-refractivity contribution in [2.45, 2.75) is 57.7 Å². The number of hydrogen-bond donors (Lipinski definition) is 1. The van der Waals surface area contributed by atoms with E-state index in [1.165, 1.54) is 43.2 Å². The zero-order chi connectivity index (χ0) is 23.7. The Bertz CT molecular complexity index is 1030. The number of ether oxygens (including phenoxy) is 1. The quantitative estimate of drug-likeness (QED) is 0.467. The van der Waals surface area contributed by atoms with E-state index in [0.717, 1.165) is 56.7 Å². The van der Waals surface area contributed by atoms with Gasteiger partial charge in [0.25, 0.3) is 0 Å². The largest absolute Gasteiger partial charge is 0.489 e. The van der Waals surface area contributed by atoms with Crippen molar-refractivity contribution in [1.29, 1.82) is 0 Å². The molecular formula is C29H37N5O. The summed E-state index contributed by atoms with van der Waals surface area (Å²) in [5, 5.41) is 3.62. The molecule has 0 amide bonds. The molecule has 2 saturated heterocycles. The van der Waals surface area contributed by atoms with Crippen molar-refractivity contribution in [3.05, 3.63) is 78.0 Å². The fraction of sp³-hybridized carbons (Fsp3) is 0.448. The SMILES string of the molecule is c1ccc(COc2ccc(CN3CCCC(Nc4nccc(N5CCCCCC5)n4)C3)cc2)cc1. The molecule has 6 heteroatoms. The van der Waals surface area contributed by atoms with Gasteiger partial charge in [0.05, 0.1) is 0 Å². The second kappa shape index (κ2) is 12.0. The number of likely N-dealkylation sites (tertiary alicyclic amines) is 1. The zero-order valence-corrected chi connectivity index (χ0v) is 20.6. The lowest BCUT2D eigenvalue weighted by Crippen LogP contribution is -2.42. The second-order valence-corrected chi connectivity index (χ2v) is 9.78. The third-order valence-electron chi connectivity index (χ3n) is 6.99. The minimum Gasteiger partial charge on any atom is -0.489 e. The van der Waals surface area contributed by atoms with E-state index in [0.29, 0.717) is 12.6 Å². The maximum atomic E-state index is 5.94. The van der Waals surface area contributed by atoms with Crippen LogP contribution >= 0.6 is 0 Å². The first-order valence-electron chi connectivity index (χ1n) is 13.1. The van der Waals surface area contributed by atoms with Crippen molar-refractivity contribution in [3.63, 3.8) is 0 Å². The molecular weight excluding hydrogens is 434 g/mol. The van der Waals surface area contributed by atoms with Gasteiger partial charge in [0.2, 0.25) is 5.95 Å². The molecule has 3 aromatic rings. The van der Waals surface area contributed by atoms with Gasteiger partial charge in [0.1, 0.15) is 18.2 Å². The molecule has 35 heavy (non-hydrogen) atoms. The molecule has 1 N–H and O–H groups in total. The van der Waals surface area contributed by atoms with Crippen LogP contribution < -0.4 is 15.0 Å². The van der Waals surface area contributed by atoms with Gasteiger partial charge in [-0.25, -0.2) is 4.98 Å². The molecule has 6 nitrogen and oxygen atoms in total. The number of anilines is 2. The van der Waals surface area contributed by atoms with Gasteiger partial charge in [-0.15, -0.1) is 0 Å². The van der Waals surface area contributed by atoms with Crippen LogP contribution in [0.15, 0.2) is 66.9 Å². The van der Waals surface area contributed by atoms with Gasteiger partial charge >= 0.3 is 0 Å². The van der Waals surface area contributed by atoms with E-state index in [4.69, 9.17) is 9.72 Å². The van der Waals surface area contributed by atoms with Gasteiger partial charge in [-0.05, 0) is 61.6 Å². The number of piperidine rings is 1. The Morgan fingerprint density at radius 1 is 0.829 bits per heavy atom. The first-order chi connectivity index (χ1) is 17.3. The number of rotatable bonds is 8. The van der Waals surface area contributed by atoms with Crippen LogP contribution in [0.1, 0.15) is 49.7 Å². The lowest BCUT2D eigenvalue weighted by molar-refractivity contribution is 0.208. The monoisotopic (exact) mass is 471 g/mol. The van der Waals surface area contributed by atoms with Gasteiger partial charge in [-0.3, -0.25) is 4.90 Å². The third-order valence-corrected chi connectivity index (χ3v) is 6.99. The number of aromatic nitrogens is 2. The molecule has 1 atom stereocenters. The highest BCUT2D eigenvalue weighted by atomic mass is 16.5. The van der Waals surface area contributed by atoms with Crippen LogP contribution in [-0.2, 0) is 13.2 Å². The third kappa shape index (κ3) is 6.95. The van der Waals surface area contributed by atoms with E-state index in [9.17, 15) is 0 Å². The highest BCUT2D eigenvalue weighted by Gasteiger charge is 2.21. The van der Waals surface area contributed by atoms with Crippen molar-refractivity contribution in [3.8, 4) is 5.75 Å². The molecule has 0 aliphatic carbocycles. The molecule has 1 unspecified atom stereocenters. The predicted octanol–water partition coefficient (Wildman–Crippen LogP) is 5.51. The van der Waals surface area contributed by atoms with Crippen molar-refractivity contribution in [2.75, 3.05) is 36.4 Å². The van der Waals surface area contributed by atoms with Crippen molar-refractivity contribution in [2.24, 2.45) is 0 Å². The lowest BCUT2D eigenvalue weighted by Gasteiger charge is -2.33. The Kier molecular flexibility index (Phi) is 8.11. The summed E-state index contributed by atoms with van der Waals surface area (Å²) in [6, 6.07) is 21.3. The van der Waals surface area contributed by atoms with Gasteiger partial charge in [-0.1, -0.05) is 55.3 Å². The van der Waals surface area contributed by atoms with Crippen LogP contribution in [0.5, 0.6) is 5.75 Å². The fourth-order valence-corrected chi connectivity index (χ4v) is 5.08. The van der Waals surface area contributed by atoms with E-state index in [1.54, 1.807) is 0 Å². The molecule has 0 radical (unpaired) electrons. The first-order valence-corrected chi connectivity index (χ1v) is 13.1. The summed E-state index contributed by atoms with van der Waals surface area (Å²) in [7, 11) is 0. The van der Waals surface area contributed by atoms with Gasteiger partial charge < -0.3 is 15.0 Å². The number of benzene rings is 2. The van der Waals surface area contributed by atoms with E-state index in [2.05, 4.69) is 62.6 Å². The normalized spacial score (nSPS) is 19.2. The number of hydrogen-bond acceptors (Lipinski definition) is 6. The maximum Gasteiger partial charge on any atom is 0.224 e. The van der Waals surface area contributed by atoms with Crippen LogP contribution in [0, 0.1) is 0 Å². The molecule has 2 aliphatic heterocycles. The van der Waals surface area contributed by atoms with Crippen LogP contribution in [0.4, 0.5) is 11.8 Å². The minimum absolute atomic E-state index is 0.372. The number of nitrogens with one attached hydrogen (secondary N) is 1. The highest BCUT2D eigenvalue weighted by Crippen LogP contribution is 2.21. The molecule has 184 valence electrons. The van der Waals surface area contributed by atoms with E-state index in [-0.39, 0.29) is 0 Å². The number of nitrogens with zero attached hydrogens (tertiary/aromatic N) is 4. The Labute approximate surface area is 209 Å². The van der Waals surface area contributed by atoms with E-state index >= 15 is 0 Å². The zero-order valence-electron chi connectivity index (χ0n) is 20.6. The highest BCUT2D eigenvalue weighted by molar-refractivity contribution is 5.43. The smallest absolute Gasteiger partial charge is 0.224 e. The van der Waals surface area contributed by atoms with Crippen LogP contribution in [0.25, 0.3) is 0 Å². The Hall–Kier alpha value is -3.12. The van der Waals surface area contributed by atoms with Gasteiger partial charge in [0.15, 0.2) is 0 Å². The molecule has 3 heterocycles. The summed E-state index contributed by atoms with van der Waals surface area (Å²) >= 11 is 0. The predicted molar refractivity (Wildman–Crippen MR) is 142 cm³/mol. The molecule has 2 fully saturated rings. The molecule has 1 aromatic heterocycles. The summed E-state index contributed by atoms with van der Waals surface area (Å²) in [5.74, 6) is 2.74. The topological polar surface area (TPSA) is 53.5 Å². The fourth-order valence-electron chi connectivity index (χ4n) is 5.08. The molecule has 0 saturated carbocycles. The van der Waals surface area contributed by atoms with Gasteiger partial charge in [-0.2, -0.15) is 4.98 Å². The average Bonchev–Trinajstić information content (AvgIpc) is 3.19. The Morgan fingerprint density at radius 2 is 1.63 bits per heavy atom. The van der Waals surface area contributed by atoms with Crippen LogP contribution in [0.3, 0.4) is 0 Å². The molecule has 2 aliphatic rings. The summed E-state index contributed by atoms with van der Waals surface area (Å²) < 4.78 is 5.94. The van der Waals surface area contributed by atoms with Crippen LogP contribution in [-0.4, -0.2) is 47.1 Å². The molecule has 0 bridgehead atoms. The minimum atomic E-state index is 0.372. The molecule has 2 aromatic carbocycles. The standard InChI is InChI=1S/C29H37N5O/c1-2-7-20-34(19-6-1)28-16-17-30-29(32-28)31-26-11-8-18-33(22-26)21-24-12-14-27(15-13-24)35-23-25-9-4-3-5-10-25/h3-5,9-10,12-17,26H,1-2,6-8,11,18-23H2,(H,30,31,32).